The van der Waals surface area contributed by atoms with Gasteiger partial charge in [0, 0.05) is 22.7 Å². The van der Waals surface area contributed by atoms with Crippen LogP contribution in [0.5, 0.6) is 0 Å². The summed E-state index contributed by atoms with van der Waals surface area (Å²) in [5.74, 6) is 0. The van der Waals surface area contributed by atoms with Crippen molar-refractivity contribution in [3.63, 3.8) is 0 Å². The number of benzene rings is 7. The van der Waals surface area contributed by atoms with Crippen LogP contribution in [0, 0.1) is 0 Å². The molecule has 2 aliphatic carbocycles. The molecular formula is C48H30N2. The largest absolute Gasteiger partial charge is 0.294 e. The van der Waals surface area contributed by atoms with Crippen molar-refractivity contribution in [2.24, 2.45) is 0 Å². The Morgan fingerprint density at radius 1 is 0.440 bits per heavy atom. The first-order valence-corrected chi connectivity index (χ1v) is 17.3. The van der Waals surface area contributed by atoms with E-state index in [1.165, 1.54) is 71.8 Å². The van der Waals surface area contributed by atoms with Crippen LogP contribution in [-0.2, 0) is 5.41 Å². The molecule has 1 spiro atoms. The number of nitrogens with zero attached hydrogens (tertiary/aromatic N) is 2. The lowest BCUT2D eigenvalue weighted by atomic mass is 9.65. The molecule has 9 aromatic rings. The lowest BCUT2D eigenvalue weighted by Gasteiger charge is -2.35. The first kappa shape index (κ1) is 27.4. The van der Waals surface area contributed by atoms with E-state index in [2.05, 4.69) is 174 Å². The average Bonchev–Trinajstić information content (AvgIpc) is 3.60. The quantitative estimate of drug-likeness (QED) is 0.185. The molecule has 2 heterocycles. The zero-order valence-corrected chi connectivity index (χ0v) is 27.2. The highest BCUT2D eigenvalue weighted by atomic mass is 15.0. The third kappa shape index (κ3) is 3.65. The summed E-state index contributed by atoms with van der Waals surface area (Å²) >= 11 is 0. The molecule has 0 radical (unpaired) electrons. The molecule has 7 aromatic carbocycles. The Morgan fingerprint density at radius 2 is 1.14 bits per heavy atom. The van der Waals surface area contributed by atoms with Gasteiger partial charge in [0.2, 0.25) is 0 Å². The highest BCUT2D eigenvalue weighted by molar-refractivity contribution is 6.09. The third-order valence-electron chi connectivity index (χ3n) is 11.0. The van der Waals surface area contributed by atoms with E-state index in [4.69, 9.17) is 4.98 Å². The number of aromatic nitrogens is 2. The highest BCUT2D eigenvalue weighted by Gasteiger charge is 2.48. The number of rotatable bonds is 2. The van der Waals surface area contributed by atoms with Crippen LogP contribution in [0.4, 0.5) is 0 Å². The van der Waals surface area contributed by atoms with Gasteiger partial charge < -0.3 is 0 Å². The SMILES string of the molecule is C1=Cc2ccc(-c3ccc4c(c3)c3cccnc3n4-c3ccccc3)cc2C2(c3ccccc31)c1ccccc1-c1cc3ccccc3cc12. The zero-order valence-electron chi connectivity index (χ0n) is 27.2. The second-order valence-corrected chi connectivity index (χ2v) is 13.5. The van der Waals surface area contributed by atoms with E-state index in [-0.39, 0.29) is 0 Å². The summed E-state index contributed by atoms with van der Waals surface area (Å²) < 4.78 is 2.28. The van der Waals surface area contributed by atoms with Crippen molar-refractivity contribution < 1.29 is 0 Å². The van der Waals surface area contributed by atoms with Gasteiger partial charge in [-0.2, -0.15) is 0 Å². The van der Waals surface area contributed by atoms with Crippen LogP contribution >= 0.6 is 0 Å². The lowest BCUT2D eigenvalue weighted by molar-refractivity contribution is 0.768. The van der Waals surface area contributed by atoms with Crippen LogP contribution in [0.3, 0.4) is 0 Å². The third-order valence-corrected chi connectivity index (χ3v) is 11.0. The summed E-state index contributed by atoms with van der Waals surface area (Å²) in [6.07, 6.45) is 6.51. The van der Waals surface area contributed by atoms with Crippen LogP contribution in [0.1, 0.15) is 33.4 Å². The maximum absolute atomic E-state index is 4.85. The predicted octanol–water partition coefficient (Wildman–Crippen LogP) is 11.8. The van der Waals surface area contributed by atoms with Gasteiger partial charge in [0.1, 0.15) is 5.65 Å². The van der Waals surface area contributed by atoms with Crippen molar-refractivity contribution in [2.45, 2.75) is 5.41 Å². The molecule has 11 rings (SSSR count). The van der Waals surface area contributed by atoms with E-state index in [1.807, 2.05) is 12.3 Å². The van der Waals surface area contributed by atoms with Crippen molar-refractivity contribution in [3.8, 4) is 27.9 Å². The first-order valence-electron chi connectivity index (χ1n) is 17.3. The molecule has 2 aliphatic rings. The van der Waals surface area contributed by atoms with Crippen LogP contribution < -0.4 is 0 Å². The minimum absolute atomic E-state index is 0.487. The molecule has 232 valence electrons. The average molecular weight is 635 g/mol. The van der Waals surface area contributed by atoms with Gasteiger partial charge in [-0.05, 0) is 121 Å². The van der Waals surface area contributed by atoms with E-state index in [1.54, 1.807) is 0 Å². The van der Waals surface area contributed by atoms with E-state index in [9.17, 15) is 0 Å². The Morgan fingerprint density at radius 3 is 2.02 bits per heavy atom. The Balaban J connectivity index is 1.21. The predicted molar refractivity (Wildman–Crippen MR) is 208 cm³/mol. The topological polar surface area (TPSA) is 17.8 Å². The van der Waals surface area contributed by atoms with Crippen LogP contribution in [0.2, 0.25) is 0 Å². The fourth-order valence-electron chi connectivity index (χ4n) is 8.92. The highest BCUT2D eigenvalue weighted by Crippen LogP contribution is 2.59. The summed E-state index contributed by atoms with van der Waals surface area (Å²) in [7, 11) is 0. The van der Waals surface area contributed by atoms with Gasteiger partial charge in [0.15, 0.2) is 0 Å². The van der Waals surface area contributed by atoms with Crippen molar-refractivity contribution >= 4 is 44.9 Å². The van der Waals surface area contributed by atoms with Gasteiger partial charge >= 0.3 is 0 Å². The van der Waals surface area contributed by atoms with Crippen LogP contribution in [-0.4, -0.2) is 9.55 Å². The van der Waals surface area contributed by atoms with Crippen molar-refractivity contribution in [2.75, 3.05) is 0 Å². The summed E-state index contributed by atoms with van der Waals surface area (Å²) in [4.78, 5) is 4.85. The monoisotopic (exact) mass is 634 g/mol. The number of hydrogen-bond acceptors (Lipinski definition) is 1. The number of fused-ring (bicyclic) bond motifs is 13. The summed E-state index contributed by atoms with van der Waals surface area (Å²) in [6, 6.07) is 60.5. The maximum Gasteiger partial charge on any atom is 0.145 e. The van der Waals surface area contributed by atoms with Gasteiger partial charge in [-0.25, -0.2) is 4.98 Å². The molecule has 0 saturated carbocycles. The second-order valence-electron chi connectivity index (χ2n) is 13.5. The van der Waals surface area contributed by atoms with Crippen LogP contribution in [0.15, 0.2) is 170 Å². The summed E-state index contributed by atoms with van der Waals surface area (Å²) in [6.45, 7) is 0. The van der Waals surface area contributed by atoms with E-state index < -0.39 is 5.41 Å². The molecule has 0 saturated heterocycles. The van der Waals surface area contributed by atoms with Gasteiger partial charge in [-0.3, -0.25) is 4.57 Å². The molecule has 2 heteroatoms. The van der Waals surface area contributed by atoms with Gasteiger partial charge in [0.05, 0.1) is 10.9 Å². The van der Waals surface area contributed by atoms with Crippen molar-refractivity contribution in [1.29, 1.82) is 0 Å². The molecule has 2 nitrogen and oxygen atoms in total. The van der Waals surface area contributed by atoms with Gasteiger partial charge in [-0.15, -0.1) is 0 Å². The number of pyridine rings is 1. The molecule has 0 aliphatic heterocycles. The Bertz CT molecular complexity index is 2870. The summed E-state index contributed by atoms with van der Waals surface area (Å²) in [5.41, 5.74) is 15.6. The molecule has 0 amide bonds. The summed E-state index contributed by atoms with van der Waals surface area (Å²) in [5, 5.41) is 4.89. The van der Waals surface area contributed by atoms with E-state index in [0.717, 1.165) is 22.2 Å². The number of hydrogen-bond donors (Lipinski definition) is 0. The van der Waals surface area contributed by atoms with E-state index >= 15 is 0 Å². The normalized spacial score (nSPS) is 15.6. The minimum atomic E-state index is -0.487. The van der Waals surface area contributed by atoms with E-state index in [0.29, 0.717) is 0 Å². The maximum atomic E-state index is 4.85. The minimum Gasteiger partial charge on any atom is -0.294 e. The molecule has 0 fully saturated rings. The molecule has 0 bridgehead atoms. The Hall–Kier alpha value is -6.51. The first-order chi connectivity index (χ1) is 24.8. The molecule has 1 atom stereocenters. The lowest BCUT2D eigenvalue weighted by Crippen LogP contribution is -2.30. The Labute approximate surface area is 290 Å². The fraction of sp³-hybridized carbons (Fsp3) is 0.0208. The van der Waals surface area contributed by atoms with Gasteiger partial charge in [0.25, 0.3) is 0 Å². The van der Waals surface area contributed by atoms with Crippen molar-refractivity contribution in [3.05, 3.63) is 203 Å². The molecule has 0 N–H and O–H groups in total. The molecule has 1 unspecified atom stereocenters. The standard InChI is InChI=1S/C48H30N2/c1-2-14-37(15-3-1)50-46-25-24-35(28-41(46)39-17-10-26-49-47(39)50)36-23-22-32-21-20-31-11-6-8-18-42(31)48(44(32)29-36)43-19-9-7-16-38(43)40-27-33-12-4-5-13-34(33)30-45(40)48/h1-30H. The van der Waals surface area contributed by atoms with Gasteiger partial charge in [-0.1, -0.05) is 121 Å². The smallest absolute Gasteiger partial charge is 0.145 e. The molecule has 50 heavy (non-hydrogen) atoms. The molecule has 2 aromatic heterocycles. The fourth-order valence-corrected chi connectivity index (χ4v) is 8.92. The van der Waals surface area contributed by atoms with Crippen molar-refractivity contribution in [1.82, 2.24) is 9.55 Å². The number of para-hydroxylation sites is 1. The zero-order chi connectivity index (χ0) is 32.8. The Kier molecular flexibility index (Phi) is 5.62. The second kappa shape index (κ2) is 10.2. The van der Waals surface area contributed by atoms with Crippen LogP contribution in [0.25, 0.3) is 72.8 Å². The molecular weight excluding hydrogens is 605 g/mol.